The van der Waals surface area contributed by atoms with Crippen LogP contribution in [0, 0.1) is 0 Å². The van der Waals surface area contributed by atoms with Gasteiger partial charge in [-0.2, -0.15) is 0 Å². The van der Waals surface area contributed by atoms with Gasteiger partial charge in [-0.15, -0.1) is 0 Å². The van der Waals surface area contributed by atoms with Crippen molar-refractivity contribution in [2.75, 3.05) is 5.73 Å². The number of nitrogens with two attached hydrogens (primary N) is 1. The molecule has 0 fully saturated rings. The molecule has 0 amide bonds. The molecule has 0 bridgehead atoms. The smallest absolute Gasteiger partial charge is 0.163 e. The largest absolute Gasteiger partial charge is 0.489 e. The molecule has 1 aromatic heterocycles. The van der Waals surface area contributed by atoms with Crippen LogP contribution in [0.1, 0.15) is 15.9 Å². The summed E-state index contributed by atoms with van der Waals surface area (Å²) in [4.78, 5) is 15.6. The fourth-order valence-electron chi connectivity index (χ4n) is 2.48. The second kappa shape index (κ2) is 7.00. The van der Waals surface area contributed by atoms with Crippen LogP contribution in [-0.2, 0) is 6.61 Å². The summed E-state index contributed by atoms with van der Waals surface area (Å²) < 4.78 is 5.77. The van der Waals surface area contributed by atoms with Crippen LogP contribution in [0.2, 0.25) is 0 Å². The number of nitrogens with zero attached hydrogens (tertiary/aromatic N) is 1. The number of aromatic nitrogens is 1. The fraction of sp³-hybridized carbons (Fsp3) is 0.0526. The fourth-order valence-corrected chi connectivity index (χ4v) is 2.48. The van der Waals surface area contributed by atoms with Crippen LogP contribution < -0.4 is 16.1 Å². The van der Waals surface area contributed by atoms with E-state index < -0.39 is 0 Å². The van der Waals surface area contributed by atoms with E-state index in [0.717, 1.165) is 28.8 Å². The van der Waals surface area contributed by atoms with Crippen molar-refractivity contribution in [1.82, 2.24) is 4.98 Å². The van der Waals surface area contributed by atoms with Crippen LogP contribution >= 0.6 is 0 Å². The highest BCUT2D eigenvalue weighted by Crippen LogP contribution is 2.26. The van der Waals surface area contributed by atoms with Crippen LogP contribution in [0.5, 0.6) is 5.75 Å². The van der Waals surface area contributed by atoms with Crippen molar-refractivity contribution in [3.8, 4) is 17.0 Å². The molecule has 0 aliphatic heterocycles. The molecule has 4 nitrogen and oxygen atoms in total. The number of rotatable bonds is 5. The lowest BCUT2D eigenvalue weighted by Gasteiger charge is -2.10. The molecule has 3 rings (SSSR count). The molecular weight excluding hydrogens is 299 g/mol. The predicted octanol–water partition coefficient (Wildman–Crippen LogP) is 1.98. The van der Waals surface area contributed by atoms with Crippen LogP contribution in [0.3, 0.4) is 0 Å². The van der Waals surface area contributed by atoms with Crippen molar-refractivity contribution < 1.29 is 9.53 Å². The summed E-state index contributed by atoms with van der Waals surface area (Å²) in [5, 5.41) is 0. The summed E-state index contributed by atoms with van der Waals surface area (Å²) >= 11 is 0. The zero-order valence-corrected chi connectivity index (χ0v) is 13.4. The molecule has 2 aromatic carbocycles. The van der Waals surface area contributed by atoms with E-state index in [9.17, 15) is 4.79 Å². The van der Waals surface area contributed by atoms with Gasteiger partial charge in [0.2, 0.25) is 0 Å². The highest BCUT2D eigenvalue weighted by Gasteiger charge is 2.10. The van der Waals surface area contributed by atoms with Crippen LogP contribution in [0.4, 0.5) is 5.69 Å². The second-order valence-corrected chi connectivity index (χ2v) is 5.53. The lowest BCUT2D eigenvalue weighted by atomic mass is 9.98. The molecule has 0 aliphatic carbocycles. The number of nitrogen functional groups attached to an aromatic ring is 1. The molecule has 1 heterocycles. The second-order valence-electron chi connectivity index (χ2n) is 5.53. The number of aldehydes is 1. The number of ether oxygens (including phenoxy) is 1. The Hall–Kier alpha value is -3.08. The minimum absolute atomic E-state index is 0.397. The van der Waals surface area contributed by atoms with Crippen molar-refractivity contribution in [2.45, 2.75) is 6.61 Å². The monoisotopic (exact) mass is 316 g/mol. The van der Waals surface area contributed by atoms with E-state index in [1.54, 1.807) is 6.07 Å². The van der Waals surface area contributed by atoms with E-state index in [1.807, 2.05) is 62.4 Å². The van der Waals surface area contributed by atoms with E-state index in [0.29, 0.717) is 23.6 Å². The molecule has 0 aliphatic rings. The Morgan fingerprint density at radius 2 is 1.79 bits per heavy atom. The van der Waals surface area contributed by atoms with Gasteiger partial charge in [-0.1, -0.05) is 30.3 Å². The molecule has 24 heavy (non-hydrogen) atoms. The number of pyridine rings is 1. The zero-order chi connectivity index (χ0) is 16.9. The highest BCUT2D eigenvalue weighted by molar-refractivity contribution is 6.31. The van der Waals surface area contributed by atoms with Crippen LogP contribution in [0.25, 0.3) is 11.3 Å². The summed E-state index contributed by atoms with van der Waals surface area (Å²) in [6, 6.07) is 19.2. The minimum Gasteiger partial charge on any atom is -0.489 e. The first-order valence-electron chi connectivity index (χ1n) is 7.67. The molecule has 3 aromatic rings. The first-order chi connectivity index (χ1) is 11.7. The van der Waals surface area contributed by atoms with Gasteiger partial charge in [-0.3, -0.25) is 9.78 Å². The van der Waals surface area contributed by atoms with E-state index in [2.05, 4.69) is 4.98 Å². The minimum atomic E-state index is 0.397. The highest BCUT2D eigenvalue weighted by atomic mass is 16.5. The van der Waals surface area contributed by atoms with Gasteiger partial charge in [0.05, 0.1) is 11.4 Å². The maximum absolute atomic E-state index is 11.1. The first kappa shape index (κ1) is 15.8. The summed E-state index contributed by atoms with van der Waals surface area (Å²) in [5.74, 6) is 0.768. The van der Waals surface area contributed by atoms with Gasteiger partial charge in [0.25, 0.3) is 0 Å². The van der Waals surface area contributed by atoms with Crippen molar-refractivity contribution in [1.29, 1.82) is 0 Å². The molecular formula is C19H17BN2O2. The number of carbonyl (C=O) groups is 1. The summed E-state index contributed by atoms with van der Waals surface area (Å²) in [7, 11) is 1.84. The van der Waals surface area contributed by atoms with Gasteiger partial charge in [-0.05, 0) is 41.5 Å². The number of carbonyl (C=O) groups excluding carboxylic acids is 1. The van der Waals surface area contributed by atoms with Gasteiger partial charge >= 0.3 is 0 Å². The maximum atomic E-state index is 11.1. The first-order valence-corrected chi connectivity index (χ1v) is 7.67. The van der Waals surface area contributed by atoms with Gasteiger partial charge in [0.15, 0.2) is 14.1 Å². The van der Waals surface area contributed by atoms with E-state index in [1.165, 1.54) is 0 Å². The molecule has 5 heteroatoms. The van der Waals surface area contributed by atoms with E-state index in [-0.39, 0.29) is 0 Å². The van der Waals surface area contributed by atoms with Gasteiger partial charge in [-0.25, -0.2) is 0 Å². The number of benzene rings is 2. The van der Waals surface area contributed by atoms with Crippen LogP contribution in [0.15, 0.2) is 60.7 Å². The summed E-state index contributed by atoms with van der Waals surface area (Å²) in [5.41, 5.74) is 10.2. The summed E-state index contributed by atoms with van der Waals surface area (Å²) in [6.45, 7) is 0.514. The Kier molecular flexibility index (Phi) is 4.61. The van der Waals surface area contributed by atoms with Crippen LogP contribution in [-0.4, -0.2) is 19.1 Å². The predicted molar refractivity (Wildman–Crippen MR) is 98.4 cm³/mol. The Labute approximate surface area is 141 Å². The quantitative estimate of drug-likeness (QED) is 0.577. The Morgan fingerprint density at radius 1 is 1.08 bits per heavy atom. The average molecular weight is 316 g/mol. The molecule has 0 saturated heterocycles. The average Bonchev–Trinajstić information content (AvgIpc) is 2.63. The number of hydrogen-bond donors (Lipinski definition) is 1. The third-order valence-electron chi connectivity index (χ3n) is 3.72. The molecule has 118 valence electrons. The van der Waals surface area contributed by atoms with Crippen molar-refractivity contribution >= 4 is 25.4 Å². The van der Waals surface area contributed by atoms with Gasteiger partial charge < -0.3 is 10.5 Å². The van der Waals surface area contributed by atoms with Gasteiger partial charge in [0.1, 0.15) is 12.4 Å². The SMILES string of the molecule is Bc1cc(C=O)c(N)c(-c2ccc(OCc3ccccc3)cc2)n1. The Morgan fingerprint density at radius 3 is 2.46 bits per heavy atom. The molecule has 0 spiro atoms. The van der Waals surface area contributed by atoms with Gasteiger partial charge in [0, 0.05) is 11.1 Å². The number of hydrogen-bond acceptors (Lipinski definition) is 4. The Balaban J connectivity index is 1.80. The van der Waals surface area contributed by atoms with Crippen molar-refractivity contribution in [2.24, 2.45) is 0 Å². The Bertz CT molecular complexity index is 849. The standard InChI is InChI=1S/C19H17BN2O2/c20-17-10-15(11-23)18(21)19(22-17)14-6-8-16(9-7-14)24-12-13-4-2-1-3-5-13/h1-11H,12,20-21H2. The lowest BCUT2D eigenvalue weighted by Crippen LogP contribution is -2.13. The van der Waals surface area contributed by atoms with Crippen molar-refractivity contribution in [3.63, 3.8) is 0 Å². The number of anilines is 1. The third-order valence-corrected chi connectivity index (χ3v) is 3.72. The molecule has 0 unspecified atom stereocenters. The summed E-state index contributed by atoms with van der Waals surface area (Å²) in [6.07, 6.45) is 0.755. The lowest BCUT2D eigenvalue weighted by molar-refractivity contribution is 0.112. The van der Waals surface area contributed by atoms with Crippen molar-refractivity contribution in [3.05, 3.63) is 71.8 Å². The molecule has 2 N–H and O–H groups in total. The molecule has 0 radical (unpaired) electrons. The van der Waals surface area contributed by atoms with E-state index in [4.69, 9.17) is 10.5 Å². The topological polar surface area (TPSA) is 65.2 Å². The maximum Gasteiger partial charge on any atom is 0.163 e. The third kappa shape index (κ3) is 3.46. The molecule has 0 atom stereocenters. The van der Waals surface area contributed by atoms with E-state index >= 15 is 0 Å². The molecule has 0 saturated carbocycles. The normalized spacial score (nSPS) is 10.3. The zero-order valence-electron chi connectivity index (χ0n) is 13.4.